The molecule has 6 nitrogen and oxygen atoms in total. The van der Waals surface area contributed by atoms with Gasteiger partial charge in [0.25, 0.3) is 5.91 Å². The van der Waals surface area contributed by atoms with Crippen molar-refractivity contribution in [3.05, 3.63) is 59.5 Å². The van der Waals surface area contributed by atoms with Crippen LogP contribution in [0.3, 0.4) is 0 Å². The number of hydrogen-bond acceptors (Lipinski definition) is 5. The van der Waals surface area contributed by atoms with Crippen molar-refractivity contribution in [2.24, 2.45) is 0 Å². The third kappa shape index (κ3) is 2.91. The molecule has 0 fully saturated rings. The van der Waals surface area contributed by atoms with Crippen LogP contribution in [-0.4, -0.2) is 15.9 Å². The molecule has 0 radical (unpaired) electrons. The first-order valence-electron chi connectivity index (χ1n) is 7.10. The van der Waals surface area contributed by atoms with E-state index in [9.17, 15) is 4.79 Å². The largest absolute Gasteiger partial charge is 0.461 e. The van der Waals surface area contributed by atoms with Crippen LogP contribution < -0.4 is 11.1 Å². The van der Waals surface area contributed by atoms with Crippen LogP contribution in [0.2, 0.25) is 0 Å². The van der Waals surface area contributed by atoms with E-state index in [2.05, 4.69) is 15.3 Å². The third-order valence-corrected chi connectivity index (χ3v) is 3.52. The fraction of sp³-hybridized carbons (Fsp3) is 0.118. The number of carbonyl (C=O) groups is 1. The summed E-state index contributed by atoms with van der Waals surface area (Å²) in [5.41, 5.74) is 8.85. The number of nitrogen functional groups attached to an aromatic ring is 1. The molecule has 0 saturated heterocycles. The number of furan rings is 1. The summed E-state index contributed by atoms with van der Waals surface area (Å²) in [5, 5.41) is 2.87. The molecule has 0 bridgehead atoms. The molecule has 23 heavy (non-hydrogen) atoms. The van der Waals surface area contributed by atoms with Gasteiger partial charge in [0.1, 0.15) is 11.4 Å². The zero-order chi connectivity index (χ0) is 16.4. The van der Waals surface area contributed by atoms with E-state index in [1.807, 2.05) is 32.0 Å². The Morgan fingerprint density at radius 2 is 1.91 bits per heavy atom. The van der Waals surface area contributed by atoms with Gasteiger partial charge >= 0.3 is 0 Å². The Kier molecular flexibility index (Phi) is 3.80. The number of nitrogens with one attached hydrogen (secondary N) is 1. The molecule has 3 N–H and O–H groups in total. The molecule has 0 aliphatic carbocycles. The average Bonchev–Trinajstić information content (AvgIpc) is 3.05. The maximum Gasteiger partial charge on any atom is 0.261 e. The zero-order valence-corrected chi connectivity index (χ0v) is 12.8. The van der Waals surface area contributed by atoms with Gasteiger partial charge in [0.2, 0.25) is 0 Å². The first-order chi connectivity index (χ1) is 11.1. The van der Waals surface area contributed by atoms with Gasteiger partial charge in [-0.1, -0.05) is 18.2 Å². The van der Waals surface area contributed by atoms with Crippen LogP contribution in [-0.2, 0) is 0 Å². The minimum atomic E-state index is -0.342. The fourth-order valence-electron chi connectivity index (χ4n) is 2.29. The number of carbonyl (C=O) groups excluding carboxylic acids is 1. The van der Waals surface area contributed by atoms with E-state index in [1.54, 1.807) is 12.1 Å². The van der Waals surface area contributed by atoms with Gasteiger partial charge in [-0.15, -0.1) is 0 Å². The number of aromatic nitrogens is 2. The maximum atomic E-state index is 12.4. The molecule has 2 aromatic heterocycles. The maximum absolute atomic E-state index is 12.4. The highest BCUT2D eigenvalue weighted by Crippen LogP contribution is 2.22. The number of para-hydroxylation sites is 1. The molecule has 6 heteroatoms. The van der Waals surface area contributed by atoms with Crippen molar-refractivity contribution in [3.63, 3.8) is 0 Å². The number of amides is 1. The van der Waals surface area contributed by atoms with E-state index in [4.69, 9.17) is 10.2 Å². The Balaban J connectivity index is 1.88. The number of nitrogens with two attached hydrogens (primary N) is 1. The second-order valence-corrected chi connectivity index (χ2v) is 5.19. The Morgan fingerprint density at radius 1 is 1.17 bits per heavy atom. The molecule has 0 saturated carbocycles. The molecule has 0 aliphatic heterocycles. The Labute approximate surface area is 133 Å². The topological polar surface area (TPSA) is 94.0 Å². The normalized spacial score (nSPS) is 10.5. The van der Waals surface area contributed by atoms with Crippen molar-refractivity contribution in [1.29, 1.82) is 0 Å². The Bertz CT molecular complexity index is 837. The van der Waals surface area contributed by atoms with Crippen LogP contribution >= 0.6 is 0 Å². The predicted octanol–water partition coefficient (Wildman–Crippen LogP) is 3.19. The van der Waals surface area contributed by atoms with Gasteiger partial charge in [-0.3, -0.25) is 4.79 Å². The summed E-state index contributed by atoms with van der Waals surface area (Å²) < 4.78 is 5.22. The van der Waals surface area contributed by atoms with Gasteiger partial charge < -0.3 is 15.5 Å². The van der Waals surface area contributed by atoms with E-state index in [0.717, 1.165) is 16.8 Å². The van der Waals surface area contributed by atoms with E-state index in [0.29, 0.717) is 11.6 Å². The zero-order valence-electron chi connectivity index (χ0n) is 12.8. The highest BCUT2D eigenvalue weighted by atomic mass is 16.3. The SMILES string of the molecule is Cc1cccc(C)c1NC(=O)c1cnc(-c2ccco2)nc1N. The standard InChI is InChI=1S/C17H16N4O2/c1-10-5-3-6-11(2)14(10)20-17(22)12-9-19-16(21-15(12)18)13-7-4-8-23-13/h3-9H,1-2H3,(H,20,22)(H2,18,19,21). The molecule has 0 atom stereocenters. The van der Waals surface area contributed by atoms with Crippen LogP contribution in [0.25, 0.3) is 11.6 Å². The lowest BCUT2D eigenvalue weighted by Gasteiger charge is -2.12. The summed E-state index contributed by atoms with van der Waals surface area (Å²) >= 11 is 0. The molecule has 0 spiro atoms. The summed E-state index contributed by atoms with van der Waals surface area (Å²) in [4.78, 5) is 20.7. The number of benzene rings is 1. The summed E-state index contributed by atoms with van der Waals surface area (Å²) in [5.74, 6) is 0.607. The van der Waals surface area contributed by atoms with Crippen LogP contribution in [0.1, 0.15) is 21.5 Å². The van der Waals surface area contributed by atoms with Crippen molar-refractivity contribution < 1.29 is 9.21 Å². The second kappa shape index (κ2) is 5.92. The first-order valence-corrected chi connectivity index (χ1v) is 7.10. The quantitative estimate of drug-likeness (QED) is 0.775. The lowest BCUT2D eigenvalue weighted by Crippen LogP contribution is -2.17. The van der Waals surface area contributed by atoms with Gasteiger partial charge in [0.15, 0.2) is 11.6 Å². The minimum Gasteiger partial charge on any atom is -0.461 e. The lowest BCUT2D eigenvalue weighted by molar-refractivity contribution is 0.102. The van der Waals surface area contributed by atoms with Gasteiger partial charge in [0.05, 0.1) is 6.26 Å². The lowest BCUT2D eigenvalue weighted by atomic mass is 10.1. The van der Waals surface area contributed by atoms with Crippen molar-refractivity contribution in [3.8, 4) is 11.6 Å². The molecule has 1 amide bonds. The van der Waals surface area contributed by atoms with E-state index in [1.165, 1.54) is 12.5 Å². The van der Waals surface area contributed by atoms with E-state index >= 15 is 0 Å². The smallest absolute Gasteiger partial charge is 0.261 e. The molecular weight excluding hydrogens is 292 g/mol. The number of rotatable bonds is 3. The Hall–Kier alpha value is -3.15. The van der Waals surface area contributed by atoms with Crippen molar-refractivity contribution in [2.75, 3.05) is 11.1 Å². The average molecular weight is 308 g/mol. The molecule has 0 unspecified atom stereocenters. The monoisotopic (exact) mass is 308 g/mol. The Morgan fingerprint density at radius 3 is 2.52 bits per heavy atom. The van der Waals surface area contributed by atoms with Gasteiger partial charge in [-0.05, 0) is 37.1 Å². The van der Waals surface area contributed by atoms with E-state index in [-0.39, 0.29) is 17.3 Å². The predicted molar refractivity (Wildman–Crippen MR) is 88.0 cm³/mol. The number of anilines is 2. The molecule has 1 aromatic carbocycles. The number of aryl methyl sites for hydroxylation is 2. The highest BCUT2D eigenvalue weighted by molar-refractivity contribution is 6.07. The number of nitrogens with zero attached hydrogens (tertiary/aromatic N) is 2. The summed E-state index contributed by atoms with van der Waals surface area (Å²) in [7, 11) is 0. The van der Waals surface area contributed by atoms with Gasteiger partial charge in [-0.25, -0.2) is 9.97 Å². The van der Waals surface area contributed by atoms with Gasteiger partial charge in [0, 0.05) is 11.9 Å². The molecular formula is C17H16N4O2. The van der Waals surface area contributed by atoms with Crippen LogP contribution in [0.15, 0.2) is 47.2 Å². The molecule has 0 aliphatic rings. The fourth-order valence-corrected chi connectivity index (χ4v) is 2.29. The second-order valence-electron chi connectivity index (χ2n) is 5.19. The molecule has 2 heterocycles. The van der Waals surface area contributed by atoms with Crippen LogP contribution in [0.5, 0.6) is 0 Å². The third-order valence-electron chi connectivity index (χ3n) is 3.52. The van der Waals surface area contributed by atoms with Crippen molar-refractivity contribution in [1.82, 2.24) is 9.97 Å². The van der Waals surface area contributed by atoms with Crippen LogP contribution in [0.4, 0.5) is 11.5 Å². The molecule has 3 rings (SSSR count). The minimum absolute atomic E-state index is 0.107. The summed E-state index contributed by atoms with van der Waals surface area (Å²) in [6.45, 7) is 3.87. The summed E-state index contributed by atoms with van der Waals surface area (Å²) in [6, 6.07) is 9.27. The van der Waals surface area contributed by atoms with Crippen LogP contribution in [0, 0.1) is 13.8 Å². The van der Waals surface area contributed by atoms with E-state index < -0.39 is 0 Å². The number of hydrogen-bond donors (Lipinski definition) is 2. The van der Waals surface area contributed by atoms with Crippen molar-refractivity contribution >= 4 is 17.4 Å². The summed E-state index contributed by atoms with van der Waals surface area (Å²) in [6.07, 6.45) is 2.93. The molecule has 116 valence electrons. The first kappa shape index (κ1) is 14.8. The molecule has 3 aromatic rings. The highest BCUT2D eigenvalue weighted by Gasteiger charge is 2.16. The van der Waals surface area contributed by atoms with Gasteiger partial charge in [-0.2, -0.15) is 0 Å². The van der Waals surface area contributed by atoms with Crippen molar-refractivity contribution in [2.45, 2.75) is 13.8 Å².